The molecule has 114 valence electrons. The van der Waals surface area contributed by atoms with Gasteiger partial charge in [0.05, 0.1) is 0 Å². The van der Waals surface area contributed by atoms with E-state index in [0.717, 1.165) is 23.1 Å². The fourth-order valence-electron chi connectivity index (χ4n) is 2.00. The minimum Gasteiger partial charge on any atom is -0.421 e. The maximum atomic E-state index is 11.2. The highest BCUT2D eigenvalue weighted by Gasteiger charge is 2.20. The first-order chi connectivity index (χ1) is 9.92. The van der Waals surface area contributed by atoms with Gasteiger partial charge in [-0.05, 0) is 25.0 Å². The molecule has 0 radical (unpaired) electrons. The molecule has 1 aromatic rings. The Kier molecular flexibility index (Phi) is 6.66. The fraction of sp³-hybridized carbons (Fsp3) is 0.412. The molecule has 0 amide bonds. The average molecular weight is 290 g/mol. The smallest absolute Gasteiger partial charge is 0.305 e. The van der Waals surface area contributed by atoms with Crippen LogP contribution in [0.3, 0.4) is 0 Å². The van der Waals surface area contributed by atoms with Crippen molar-refractivity contribution < 1.29 is 19.1 Å². The number of hydrogen-bond acceptors (Lipinski definition) is 4. The lowest BCUT2D eigenvalue weighted by Gasteiger charge is -2.19. The van der Waals surface area contributed by atoms with Gasteiger partial charge in [-0.15, -0.1) is 0 Å². The summed E-state index contributed by atoms with van der Waals surface area (Å²) in [5.41, 5.74) is 2.90. The number of rotatable bonds is 6. The molecule has 4 heteroatoms. The zero-order valence-electron chi connectivity index (χ0n) is 13.0. The SMILES string of the molecule is CCCC(=Cc1cccc(C)c1)C(OC(C)=O)OC(C)=O. The molecule has 0 fully saturated rings. The first-order valence-corrected chi connectivity index (χ1v) is 7.04. The Morgan fingerprint density at radius 3 is 2.29 bits per heavy atom. The van der Waals surface area contributed by atoms with Gasteiger partial charge in [-0.25, -0.2) is 0 Å². The second-order valence-corrected chi connectivity index (χ2v) is 4.93. The van der Waals surface area contributed by atoms with Crippen molar-refractivity contribution in [3.05, 3.63) is 41.0 Å². The van der Waals surface area contributed by atoms with E-state index in [1.807, 2.05) is 44.2 Å². The molecule has 0 aliphatic heterocycles. The molecule has 1 rings (SSSR count). The molecule has 0 aliphatic carbocycles. The Hall–Kier alpha value is -2.10. The number of carbonyl (C=O) groups excluding carboxylic acids is 2. The summed E-state index contributed by atoms with van der Waals surface area (Å²) in [6.07, 6.45) is 2.49. The molecule has 0 bridgehead atoms. The normalized spacial score (nSPS) is 11.4. The number of esters is 2. The number of ether oxygens (including phenoxy) is 2. The lowest BCUT2D eigenvalue weighted by atomic mass is 10.0. The summed E-state index contributed by atoms with van der Waals surface area (Å²) < 4.78 is 10.3. The largest absolute Gasteiger partial charge is 0.421 e. The van der Waals surface area contributed by atoms with Gasteiger partial charge in [0.2, 0.25) is 0 Å². The van der Waals surface area contributed by atoms with Crippen LogP contribution in [0.4, 0.5) is 0 Å². The lowest BCUT2D eigenvalue weighted by molar-refractivity contribution is -0.178. The first-order valence-electron chi connectivity index (χ1n) is 7.04. The van der Waals surface area contributed by atoms with Crippen molar-refractivity contribution in [2.24, 2.45) is 0 Å². The number of benzene rings is 1. The molecule has 0 atom stereocenters. The van der Waals surface area contributed by atoms with Crippen LogP contribution >= 0.6 is 0 Å². The molecule has 0 saturated heterocycles. The summed E-state index contributed by atoms with van der Waals surface area (Å²) >= 11 is 0. The van der Waals surface area contributed by atoms with Crippen LogP contribution in [0.15, 0.2) is 29.8 Å². The summed E-state index contributed by atoms with van der Waals surface area (Å²) in [5.74, 6) is -0.958. The zero-order chi connectivity index (χ0) is 15.8. The molecule has 0 N–H and O–H groups in total. The van der Waals surface area contributed by atoms with Crippen LogP contribution < -0.4 is 0 Å². The monoisotopic (exact) mass is 290 g/mol. The number of aryl methyl sites for hydroxylation is 1. The van der Waals surface area contributed by atoms with Crippen LogP contribution in [0, 0.1) is 6.92 Å². The molecule has 0 spiro atoms. The molecule has 1 aromatic carbocycles. The minimum atomic E-state index is -0.958. The van der Waals surface area contributed by atoms with Crippen molar-refractivity contribution in [3.63, 3.8) is 0 Å². The van der Waals surface area contributed by atoms with Crippen molar-refractivity contribution >= 4 is 18.0 Å². The highest BCUT2D eigenvalue weighted by atomic mass is 16.7. The van der Waals surface area contributed by atoms with Crippen molar-refractivity contribution in [3.8, 4) is 0 Å². The molecule has 0 aromatic heterocycles. The topological polar surface area (TPSA) is 52.6 Å². The maximum absolute atomic E-state index is 11.2. The highest BCUT2D eigenvalue weighted by Crippen LogP contribution is 2.20. The van der Waals surface area contributed by atoms with Crippen LogP contribution in [0.1, 0.15) is 44.7 Å². The molecule has 4 nitrogen and oxygen atoms in total. The van der Waals surface area contributed by atoms with E-state index in [0.29, 0.717) is 6.42 Å². The quantitative estimate of drug-likeness (QED) is 0.593. The fourth-order valence-corrected chi connectivity index (χ4v) is 2.00. The van der Waals surface area contributed by atoms with E-state index in [1.54, 1.807) is 0 Å². The van der Waals surface area contributed by atoms with Gasteiger partial charge < -0.3 is 9.47 Å². The Labute approximate surface area is 125 Å². The van der Waals surface area contributed by atoms with Gasteiger partial charge in [-0.2, -0.15) is 0 Å². The van der Waals surface area contributed by atoms with Crippen molar-refractivity contribution in [2.75, 3.05) is 0 Å². The van der Waals surface area contributed by atoms with Gasteiger partial charge >= 0.3 is 11.9 Å². The van der Waals surface area contributed by atoms with Crippen LogP contribution in [0.2, 0.25) is 0 Å². The van der Waals surface area contributed by atoms with Gasteiger partial charge in [0.15, 0.2) is 0 Å². The van der Waals surface area contributed by atoms with Crippen molar-refractivity contribution in [1.29, 1.82) is 0 Å². The molecule has 0 aliphatic rings. The summed E-state index contributed by atoms with van der Waals surface area (Å²) in [5, 5.41) is 0. The standard InChI is InChI=1S/C17H22O4/c1-5-7-16(11-15-9-6-8-12(2)10-15)17(20-13(3)18)21-14(4)19/h6,8-11,17H,5,7H2,1-4H3. The Balaban J connectivity index is 3.09. The molecule has 0 saturated carbocycles. The van der Waals surface area contributed by atoms with Gasteiger partial charge in [-0.3, -0.25) is 9.59 Å². The van der Waals surface area contributed by atoms with Crippen molar-refractivity contribution in [1.82, 2.24) is 0 Å². The third-order valence-electron chi connectivity index (χ3n) is 2.78. The van der Waals surface area contributed by atoms with Crippen LogP contribution in [-0.2, 0) is 19.1 Å². The van der Waals surface area contributed by atoms with Crippen LogP contribution in [0.5, 0.6) is 0 Å². The second-order valence-electron chi connectivity index (χ2n) is 4.93. The van der Waals surface area contributed by atoms with E-state index in [2.05, 4.69) is 0 Å². The summed E-state index contributed by atoms with van der Waals surface area (Å²) in [6.45, 7) is 6.62. The Morgan fingerprint density at radius 2 is 1.81 bits per heavy atom. The zero-order valence-corrected chi connectivity index (χ0v) is 13.0. The third-order valence-corrected chi connectivity index (χ3v) is 2.78. The highest BCUT2D eigenvalue weighted by molar-refractivity contribution is 5.69. The summed E-state index contributed by atoms with van der Waals surface area (Å²) in [4.78, 5) is 22.4. The summed E-state index contributed by atoms with van der Waals surface area (Å²) in [7, 11) is 0. The molecule has 0 heterocycles. The minimum absolute atomic E-state index is 0.479. The molecular weight excluding hydrogens is 268 g/mol. The predicted molar refractivity (Wildman–Crippen MR) is 81.4 cm³/mol. The third kappa shape index (κ3) is 6.25. The van der Waals surface area contributed by atoms with Crippen LogP contribution in [0.25, 0.3) is 6.08 Å². The Bertz CT molecular complexity index is 515. The second kappa shape index (κ2) is 8.25. The predicted octanol–water partition coefficient (Wildman–Crippen LogP) is 3.63. The average Bonchev–Trinajstić information content (AvgIpc) is 2.36. The number of hydrogen-bond donors (Lipinski definition) is 0. The lowest BCUT2D eigenvalue weighted by Crippen LogP contribution is -2.24. The van der Waals surface area contributed by atoms with Gasteiger partial charge in [-0.1, -0.05) is 43.2 Å². The molecule has 0 unspecified atom stereocenters. The molecular formula is C17H22O4. The first kappa shape index (κ1) is 17.0. The Morgan fingerprint density at radius 1 is 1.19 bits per heavy atom. The van der Waals surface area contributed by atoms with E-state index >= 15 is 0 Å². The molecule has 21 heavy (non-hydrogen) atoms. The van der Waals surface area contributed by atoms with E-state index < -0.39 is 18.2 Å². The van der Waals surface area contributed by atoms with E-state index in [-0.39, 0.29) is 0 Å². The van der Waals surface area contributed by atoms with Gasteiger partial charge in [0, 0.05) is 19.4 Å². The van der Waals surface area contributed by atoms with Gasteiger partial charge in [0.1, 0.15) is 0 Å². The van der Waals surface area contributed by atoms with E-state index in [1.165, 1.54) is 13.8 Å². The van der Waals surface area contributed by atoms with Gasteiger partial charge in [0.25, 0.3) is 6.29 Å². The van der Waals surface area contributed by atoms with Crippen molar-refractivity contribution in [2.45, 2.75) is 46.8 Å². The van der Waals surface area contributed by atoms with E-state index in [4.69, 9.17) is 9.47 Å². The summed E-state index contributed by atoms with van der Waals surface area (Å²) in [6, 6.07) is 7.94. The maximum Gasteiger partial charge on any atom is 0.305 e. The van der Waals surface area contributed by atoms with E-state index in [9.17, 15) is 9.59 Å². The van der Waals surface area contributed by atoms with Crippen LogP contribution in [-0.4, -0.2) is 18.2 Å². The number of carbonyl (C=O) groups is 2.